The van der Waals surface area contributed by atoms with Crippen molar-refractivity contribution in [3.8, 4) is 0 Å². The van der Waals surface area contributed by atoms with Gasteiger partial charge in [0.05, 0.1) is 0 Å². The van der Waals surface area contributed by atoms with Crippen LogP contribution in [0.2, 0.25) is 0 Å². The first-order valence-corrected chi connectivity index (χ1v) is 8.24. The summed E-state index contributed by atoms with van der Waals surface area (Å²) in [6.07, 6.45) is 5.15. The smallest absolute Gasteiger partial charge is 0.129 e. The van der Waals surface area contributed by atoms with Gasteiger partial charge in [-0.05, 0) is 64.4 Å². The standard InChI is InChI=1S/C17H28N4/c1-13-10-14(12-18-15-4-5-15)11-17(19-13)21-8-6-16(7-9-21)20(2)3/h10-11,15-16,18H,4-9,12H2,1-3H3. The molecule has 1 N–H and O–H groups in total. The monoisotopic (exact) mass is 288 g/mol. The number of nitrogens with zero attached hydrogens (tertiary/aromatic N) is 3. The normalized spacial score (nSPS) is 20.3. The SMILES string of the molecule is Cc1cc(CNC2CC2)cc(N2CCC(N(C)C)CC2)n1. The lowest BCUT2D eigenvalue weighted by molar-refractivity contribution is 0.249. The van der Waals surface area contributed by atoms with E-state index in [0.29, 0.717) is 0 Å². The first-order chi connectivity index (χ1) is 10.1. The molecule has 1 aliphatic heterocycles. The number of hydrogen-bond acceptors (Lipinski definition) is 4. The lowest BCUT2D eigenvalue weighted by Crippen LogP contribution is -2.42. The van der Waals surface area contributed by atoms with Gasteiger partial charge in [-0.1, -0.05) is 0 Å². The van der Waals surface area contributed by atoms with Crippen molar-refractivity contribution in [1.29, 1.82) is 0 Å². The van der Waals surface area contributed by atoms with Crippen LogP contribution in [0.25, 0.3) is 0 Å². The van der Waals surface area contributed by atoms with Crippen molar-refractivity contribution in [2.45, 2.75) is 51.2 Å². The highest BCUT2D eigenvalue weighted by Gasteiger charge is 2.22. The summed E-state index contributed by atoms with van der Waals surface area (Å²) >= 11 is 0. The van der Waals surface area contributed by atoms with E-state index in [4.69, 9.17) is 4.98 Å². The predicted molar refractivity (Wildman–Crippen MR) is 87.8 cm³/mol. The fraction of sp³-hybridized carbons (Fsp3) is 0.706. The number of nitrogens with one attached hydrogen (secondary N) is 1. The Morgan fingerprint density at radius 1 is 1.19 bits per heavy atom. The zero-order valence-electron chi connectivity index (χ0n) is 13.6. The van der Waals surface area contributed by atoms with Gasteiger partial charge in [-0.25, -0.2) is 4.98 Å². The minimum atomic E-state index is 0.724. The third-order valence-electron chi connectivity index (χ3n) is 4.69. The van der Waals surface area contributed by atoms with Crippen molar-refractivity contribution >= 4 is 5.82 Å². The van der Waals surface area contributed by atoms with Gasteiger partial charge in [0.15, 0.2) is 0 Å². The molecule has 0 aromatic carbocycles. The van der Waals surface area contributed by atoms with E-state index >= 15 is 0 Å². The fourth-order valence-corrected chi connectivity index (χ4v) is 3.15. The summed E-state index contributed by atoms with van der Waals surface area (Å²) in [4.78, 5) is 9.56. The van der Waals surface area contributed by atoms with E-state index in [2.05, 4.69) is 48.3 Å². The van der Waals surface area contributed by atoms with Crippen LogP contribution in [0.1, 0.15) is 36.9 Å². The van der Waals surface area contributed by atoms with Gasteiger partial charge >= 0.3 is 0 Å². The summed E-state index contributed by atoms with van der Waals surface area (Å²) in [6, 6.07) is 5.98. The van der Waals surface area contributed by atoms with Crippen LogP contribution in [0.4, 0.5) is 5.82 Å². The maximum Gasteiger partial charge on any atom is 0.129 e. The molecule has 0 bridgehead atoms. The van der Waals surface area contributed by atoms with Crippen LogP contribution in [-0.2, 0) is 6.54 Å². The Balaban J connectivity index is 1.64. The van der Waals surface area contributed by atoms with E-state index in [1.165, 1.54) is 37.1 Å². The average Bonchev–Trinajstić information content (AvgIpc) is 3.29. The zero-order chi connectivity index (χ0) is 14.8. The Bertz CT molecular complexity index is 474. The van der Waals surface area contributed by atoms with Crippen LogP contribution in [0.5, 0.6) is 0 Å². The Hall–Kier alpha value is -1.13. The molecule has 1 aliphatic carbocycles. The molecule has 4 nitrogen and oxygen atoms in total. The first kappa shape index (κ1) is 14.8. The van der Waals surface area contributed by atoms with Gasteiger partial charge in [0, 0.05) is 37.4 Å². The molecule has 3 rings (SSSR count). The van der Waals surface area contributed by atoms with Crippen LogP contribution in [0, 0.1) is 6.92 Å². The quantitative estimate of drug-likeness (QED) is 0.900. The van der Waals surface area contributed by atoms with Crippen molar-refractivity contribution in [1.82, 2.24) is 15.2 Å². The summed E-state index contributed by atoms with van der Waals surface area (Å²) in [5.41, 5.74) is 2.51. The molecule has 4 heteroatoms. The molecular weight excluding hydrogens is 260 g/mol. The highest BCUT2D eigenvalue weighted by molar-refractivity contribution is 5.43. The van der Waals surface area contributed by atoms with Crippen LogP contribution in [0.15, 0.2) is 12.1 Å². The minimum absolute atomic E-state index is 0.724. The zero-order valence-corrected chi connectivity index (χ0v) is 13.6. The number of anilines is 1. The number of aromatic nitrogens is 1. The van der Waals surface area contributed by atoms with Gasteiger partial charge < -0.3 is 15.1 Å². The van der Waals surface area contributed by atoms with Gasteiger partial charge in [-0.2, -0.15) is 0 Å². The van der Waals surface area contributed by atoms with Crippen LogP contribution >= 0.6 is 0 Å². The van der Waals surface area contributed by atoms with E-state index in [1.807, 2.05) is 0 Å². The third kappa shape index (κ3) is 3.95. The van der Waals surface area contributed by atoms with Crippen molar-refractivity contribution in [2.75, 3.05) is 32.1 Å². The summed E-state index contributed by atoms with van der Waals surface area (Å²) in [5, 5.41) is 3.60. The molecule has 1 aromatic rings. The molecule has 0 atom stereocenters. The Morgan fingerprint density at radius 2 is 1.90 bits per heavy atom. The number of piperidine rings is 1. The summed E-state index contributed by atoms with van der Waals surface area (Å²) < 4.78 is 0. The first-order valence-electron chi connectivity index (χ1n) is 8.24. The molecule has 116 valence electrons. The largest absolute Gasteiger partial charge is 0.356 e. The number of rotatable bonds is 5. The second-order valence-electron chi connectivity index (χ2n) is 6.81. The highest BCUT2D eigenvalue weighted by Crippen LogP contribution is 2.23. The topological polar surface area (TPSA) is 31.4 Å². The number of pyridine rings is 1. The average molecular weight is 288 g/mol. The maximum absolute atomic E-state index is 4.75. The Labute approximate surface area is 128 Å². The van der Waals surface area contributed by atoms with Crippen molar-refractivity contribution < 1.29 is 0 Å². The third-order valence-corrected chi connectivity index (χ3v) is 4.69. The lowest BCUT2D eigenvalue weighted by Gasteiger charge is -2.36. The minimum Gasteiger partial charge on any atom is -0.356 e. The molecule has 1 aromatic heterocycles. The molecule has 2 heterocycles. The molecule has 2 fully saturated rings. The summed E-state index contributed by atoms with van der Waals surface area (Å²) in [7, 11) is 4.37. The molecule has 0 spiro atoms. The van der Waals surface area contributed by atoms with Gasteiger partial charge in [0.1, 0.15) is 5.82 Å². The predicted octanol–water partition coefficient (Wildman–Crippen LogP) is 2.17. The van der Waals surface area contributed by atoms with E-state index in [0.717, 1.165) is 37.4 Å². The molecule has 1 saturated heterocycles. The van der Waals surface area contributed by atoms with E-state index in [9.17, 15) is 0 Å². The van der Waals surface area contributed by atoms with Crippen LogP contribution < -0.4 is 10.2 Å². The maximum atomic E-state index is 4.75. The fourth-order valence-electron chi connectivity index (χ4n) is 3.15. The highest BCUT2D eigenvalue weighted by atomic mass is 15.2. The van der Waals surface area contributed by atoms with E-state index in [1.54, 1.807) is 0 Å². The van der Waals surface area contributed by atoms with Gasteiger partial charge in [-0.15, -0.1) is 0 Å². The van der Waals surface area contributed by atoms with Gasteiger partial charge in [-0.3, -0.25) is 0 Å². The van der Waals surface area contributed by atoms with Crippen LogP contribution in [0.3, 0.4) is 0 Å². The molecule has 0 unspecified atom stereocenters. The summed E-state index contributed by atoms with van der Waals surface area (Å²) in [5.74, 6) is 1.17. The second kappa shape index (κ2) is 6.32. The number of aryl methyl sites for hydroxylation is 1. The molecule has 0 amide bonds. The lowest BCUT2D eigenvalue weighted by atomic mass is 10.0. The molecule has 21 heavy (non-hydrogen) atoms. The van der Waals surface area contributed by atoms with E-state index in [-0.39, 0.29) is 0 Å². The molecule has 1 saturated carbocycles. The number of hydrogen-bond donors (Lipinski definition) is 1. The van der Waals surface area contributed by atoms with Crippen molar-refractivity contribution in [3.05, 3.63) is 23.4 Å². The Kier molecular flexibility index (Phi) is 4.45. The van der Waals surface area contributed by atoms with Crippen LogP contribution in [-0.4, -0.2) is 49.2 Å². The van der Waals surface area contributed by atoms with Crippen molar-refractivity contribution in [2.24, 2.45) is 0 Å². The second-order valence-corrected chi connectivity index (χ2v) is 6.81. The molecule has 0 radical (unpaired) electrons. The van der Waals surface area contributed by atoms with Crippen molar-refractivity contribution in [3.63, 3.8) is 0 Å². The Morgan fingerprint density at radius 3 is 2.52 bits per heavy atom. The summed E-state index contributed by atoms with van der Waals surface area (Å²) in [6.45, 7) is 5.33. The van der Waals surface area contributed by atoms with E-state index < -0.39 is 0 Å². The van der Waals surface area contributed by atoms with Gasteiger partial charge in [0.2, 0.25) is 0 Å². The molecular formula is C17H28N4. The molecule has 2 aliphatic rings. The van der Waals surface area contributed by atoms with Gasteiger partial charge in [0.25, 0.3) is 0 Å².